The molecule has 0 saturated heterocycles. The lowest BCUT2D eigenvalue weighted by Crippen LogP contribution is -2.24. The molecule has 0 N–H and O–H groups in total. The maximum Gasteiger partial charge on any atom is 0.263 e. The number of benzene rings is 2. The number of aryl methyl sites for hydroxylation is 2. The van der Waals surface area contributed by atoms with Gasteiger partial charge >= 0.3 is 0 Å². The highest BCUT2D eigenvalue weighted by Crippen LogP contribution is 2.35. The summed E-state index contributed by atoms with van der Waals surface area (Å²) in [6, 6.07) is 16.4. The predicted octanol–water partition coefficient (Wildman–Crippen LogP) is 6.36. The Kier molecular flexibility index (Phi) is 5.61. The molecule has 0 aliphatic heterocycles. The van der Waals surface area contributed by atoms with Crippen LogP contribution >= 0.6 is 11.3 Å². The molecule has 0 atom stereocenters. The van der Waals surface area contributed by atoms with E-state index < -0.39 is 0 Å². The summed E-state index contributed by atoms with van der Waals surface area (Å²) in [6.45, 7) is 7.13. The van der Waals surface area contributed by atoms with Gasteiger partial charge in [-0.2, -0.15) is 0 Å². The standard InChI is InChI=1S/C28H30N2O2S/c1-28(2,3)20-14-12-18(13-15-20)17-30-25(19-8-7-9-21(16-19)32-4)29-26-24(27(30)31)22-10-5-6-11-23(22)33-26/h7-9,12-16H,5-6,10-11,17H2,1-4H3. The minimum atomic E-state index is 0.0668. The molecule has 0 fully saturated rings. The molecular formula is C28H30N2O2S. The summed E-state index contributed by atoms with van der Waals surface area (Å²) in [4.78, 5) is 21.2. The zero-order valence-corrected chi connectivity index (χ0v) is 20.6. The number of hydrogen-bond donors (Lipinski definition) is 0. The predicted molar refractivity (Wildman–Crippen MR) is 137 cm³/mol. The van der Waals surface area contributed by atoms with E-state index in [0.29, 0.717) is 12.4 Å². The van der Waals surface area contributed by atoms with Crippen LogP contribution in [0.2, 0.25) is 0 Å². The van der Waals surface area contributed by atoms with E-state index in [1.165, 1.54) is 22.4 Å². The number of hydrogen-bond acceptors (Lipinski definition) is 4. The Labute approximate surface area is 198 Å². The monoisotopic (exact) mass is 458 g/mol. The van der Waals surface area contributed by atoms with Crippen LogP contribution < -0.4 is 10.3 Å². The minimum Gasteiger partial charge on any atom is -0.497 e. The van der Waals surface area contributed by atoms with Crippen LogP contribution in [-0.2, 0) is 24.8 Å². The van der Waals surface area contributed by atoms with Gasteiger partial charge < -0.3 is 4.74 Å². The van der Waals surface area contributed by atoms with Crippen molar-refractivity contribution < 1.29 is 4.74 Å². The van der Waals surface area contributed by atoms with Gasteiger partial charge in [0, 0.05) is 10.4 Å². The van der Waals surface area contributed by atoms with Crippen molar-refractivity contribution in [3.05, 3.63) is 80.5 Å². The smallest absolute Gasteiger partial charge is 0.263 e. The van der Waals surface area contributed by atoms with E-state index in [1.807, 2.05) is 28.8 Å². The largest absolute Gasteiger partial charge is 0.497 e. The van der Waals surface area contributed by atoms with Gasteiger partial charge in [0.15, 0.2) is 0 Å². The number of ether oxygens (including phenoxy) is 1. The van der Waals surface area contributed by atoms with Gasteiger partial charge in [-0.25, -0.2) is 4.98 Å². The summed E-state index contributed by atoms with van der Waals surface area (Å²) < 4.78 is 7.30. The minimum absolute atomic E-state index is 0.0668. The molecule has 0 amide bonds. The molecule has 0 unspecified atom stereocenters. The Bertz CT molecular complexity index is 1370. The molecule has 170 valence electrons. The van der Waals surface area contributed by atoms with E-state index in [1.54, 1.807) is 18.4 Å². The van der Waals surface area contributed by atoms with Gasteiger partial charge in [-0.05, 0) is 59.9 Å². The number of methoxy groups -OCH3 is 1. The van der Waals surface area contributed by atoms with Crippen molar-refractivity contribution in [2.75, 3.05) is 7.11 Å². The fraction of sp³-hybridized carbons (Fsp3) is 0.357. The third-order valence-corrected chi connectivity index (χ3v) is 7.75. The van der Waals surface area contributed by atoms with Crippen molar-refractivity contribution in [3.8, 4) is 17.1 Å². The zero-order chi connectivity index (χ0) is 23.2. The third kappa shape index (κ3) is 4.10. The molecule has 2 heterocycles. The molecule has 2 aromatic heterocycles. The summed E-state index contributed by atoms with van der Waals surface area (Å²) in [7, 11) is 1.66. The molecule has 5 rings (SSSR count). The van der Waals surface area contributed by atoms with Gasteiger partial charge in [-0.3, -0.25) is 9.36 Å². The molecule has 4 nitrogen and oxygen atoms in total. The van der Waals surface area contributed by atoms with E-state index in [0.717, 1.165) is 46.4 Å². The second-order valence-electron chi connectivity index (χ2n) is 9.90. The molecule has 5 heteroatoms. The van der Waals surface area contributed by atoms with Gasteiger partial charge in [0.2, 0.25) is 0 Å². The van der Waals surface area contributed by atoms with E-state index in [4.69, 9.17) is 9.72 Å². The SMILES string of the molecule is COc1cccc(-c2nc3sc4c(c3c(=O)n2Cc2ccc(C(C)(C)C)cc2)CCCC4)c1. The molecule has 0 bridgehead atoms. The maximum atomic E-state index is 13.9. The second-order valence-corrected chi connectivity index (χ2v) is 11.0. The number of aromatic nitrogens is 2. The second kappa shape index (κ2) is 8.45. The van der Waals surface area contributed by atoms with Gasteiger partial charge in [0.1, 0.15) is 16.4 Å². The highest BCUT2D eigenvalue weighted by atomic mass is 32.1. The highest BCUT2D eigenvalue weighted by Gasteiger charge is 2.23. The summed E-state index contributed by atoms with van der Waals surface area (Å²) >= 11 is 1.70. The third-order valence-electron chi connectivity index (χ3n) is 6.56. The molecule has 1 aliphatic carbocycles. The number of rotatable bonds is 4. The van der Waals surface area contributed by atoms with Gasteiger partial charge in [0.05, 0.1) is 19.0 Å². The molecule has 2 aromatic carbocycles. The fourth-order valence-electron chi connectivity index (χ4n) is 4.66. The van der Waals surface area contributed by atoms with E-state index >= 15 is 0 Å². The van der Waals surface area contributed by atoms with Crippen LogP contribution in [-0.4, -0.2) is 16.7 Å². The number of thiophene rings is 1. The van der Waals surface area contributed by atoms with Crippen molar-refractivity contribution in [1.29, 1.82) is 0 Å². The Morgan fingerprint density at radius 2 is 1.82 bits per heavy atom. The molecule has 0 spiro atoms. The lowest BCUT2D eigenvalue weighted by atomic mass is 9.87. The Morgan fingerprint density at radius 1 is 1.06 bits per heavy atom. The highest BCUT2D eigenvalue weighted by molar-refractivity contribution is 7.18. The first-order chi connectivity index (χ1) is 15.8. The van der Waals surface area contributed by atoms with Crippen LogP contribution in [0.5, 0.6) is 5.75 Å². The first-order valence-electron chi connectivity index (χ1n) is 11.6. The van der Waals surface area contributed by atoms with E-state index in [9.17, 15) is 4.79 Å². The Morgan fingerprint density at radius 3 is 2.55 bits per heavy atom. The molecule has 0 saturated carbocycles. The van der Waals surface area contributed by atoms with Crippen molar-refractivity contribution in [1.82, 2.24) is 9.55 Å². The van der Waals surface area contributed by atoms with Gasteiger partial charge in [-0.1, -0.05) is 57.2 Å². The maximum absolute atomic E-state index is 13.9. The molecule has 4 aromatic rings. The summed E-state index contributed by atoms with van der Waals surface area (Å²) in [5.74, 6) is 1.46. The van der Waals surface area contributed by atoms with Gasteiger partial charge in [-0.15, -0.1) is 11.3 Å². The van der Waals surface area contributed by atoms with Crippen LogP contribution in [0.1, 0.15) is 55.2 Å². The van der Waals surface area contributed by atoms with Crippen molar-refractivity contribution in [2.24, 2.45) is 0 Å². The fourth-order valence-corrected chi connectivity index (χ4v) is 5.91. The first-order valence-corrected chi connectivity index (χ1v) is 12.5. The van der Waals surface area contributed by atoms with Crippen LogP contribution in [0.25, 0.3) is 21.6 Å². The lowest BCUT2D eigenvalue weighted by Gasteiger charge is -2.19. The molecular weight excluding hydrogens is 428 g/mol. The average Bonchev–Trinajstić information content (AvgIpc) is 3.19. The number of fused-ring (bicyclic) bond motifs is 3. The summed E-state index contributed by atoms with van der Waals surface area (Å²) in [5, 5.41) is 0.827. The van der Waals surface area contributed by atoms with Crippen molar-refractivity contribution >= 4 is 21.6 Å². The molecule has 0 radical (unpaired) electrons. The zero-order valence-electron chi connectivity index (χ0n) is 19.8. The topological polar surface area (TPSA) is 44.1 Å². The molecule has 33 heavy (non-hydrogen) atoms. The quantitative estimate of drug-likeness (QED) is 0.357. The van der Waals surface area contributed by atoms with Crippen LogP contribution in [0.15, 0.2) is 53.3 Å². The van der Waals surface area contributed by atoms with E-state index in [-0.39, 0.29) is 11.0 Å². The van der Waals surface area contributed by atoms with Gasteiger partial charge in [0.25, 0.3) is 5.56 Å². The first kappa shape index (κ1) is 21.9. The lowest BCUT2D eigenvalue weighted by molar-refractivity contribution is 0.415. The van der Waals surface area contributed by atoms with Crippen molar-refractivity contribution in [2.45, 2.75) is 58.4 Å². The molecule has 1 aliphatic rings. The van der Waals surface area contributed by atoms with Crippen LogP contribution in [0, 0.1) is 0 Å². The van der Waals surface area contributed by atoms with Crippen LogP contribution in [0.3, 0.4) is 0 Å². The van der Waals surface area contributed by atoms with Crippen LogP contribution in [0.4, 0.5) is 0 Å². The number of nitrogens with zero attached hydrogens (tertiary/aromatic N) is 2. The average molecular weight is 459 g/mol. The summed E-state index contributed by atoms with van der Waals surface area (Å²) in [6.07, 6.45) is 4.37. The Balaban J connectivity index is 1.69. The van der Waals surface area contributed by atoms with E-state index in [2.05, 4.69) is 45.0 Å². The Hall–Kier alpha value is -2.92. The normalized spacial score (nSPS) is 13.8. The van der Waals surface area contributed by atoms with Crippen molar-refractivity contribution in [3.63, 3.8) is 0 Å². The summed E-state index contributed by atoms with van der Waals surface area (Å²) in [5.41, 5.74) is 4.67.